The lowest BCUT2D eigenvalue weighted by Gasteiger charge is -2.33. The molecule has 6 nitrogen and oxygen atoms in total. The number of aliphatic hydroxyl groups excluding tert-OH is 1. The van der Waals surface area contributed by atoms with E-state index in [2.05, 4.69) is 9.97 Å². The minimum atomic E-state index is -1.13. The molecule has 1 aromatic carbocycles. The first kappa shape index (κ1) is 15.4. The van der Waals surface area contributed by atoms with Crippen LogP contribution in [0.3, 0.4) is 0 Å². The van der Waals surface area contributed by atoms with Gasteiger partial charge in [-0.25, -0.2) is 4.98 Å². The Bertz CT molecular complexity index is 636. The Labute approximate surface area is 134 Å². The van der Waals surface area contributed by atoms with Crippen molar-refractivity contribution in [3.8, 4) is 5.88 Å². The fourth-order valence-corrected chi connectivity index (χ4v) is 2.70. The molecule has 0 saturated carbocycles. The Morgan fingerprint density at radius 1 is 1.30 bits per heavy atom. The van der Waals surface area contributed by atoms with E-state index in [0.29, 0.717) is 24.5 Å². The van der Waals surface area contributed by atoms with E-state index >= 15 is 0 Å². The second-order valence-electron chi connectivity index (χ2n) is 5.52. The van der Waals surface area contributed by atoms with Crippen molar-refractivity contribution in [2.45, 2.75) is 25.0 Å². The van der Waals surface area contributed by atoms with Crippen molar-refractivity contribution in [3.05, 3.63) is 54.5 Å². The summed E-state index contributed by atoms with van der Waals surface area (Å²) in [7, 11) is 0. The van der Waals surface area contributed by atoms with Gasteiger partial charge >= 0.3 is 0 Å². The van der Waals surface area contributed by atoms with Crippen LogP contribution in [0.2, 0.25) is 0 Å². The molecule has 2 atom stereocenters. The lowest BCUT2D eigenvalue weighted by atomic mass is 10.0. The zero-order valence-electron chi connectivity index (χ0n) is 12.7. The molecule has 23 heavy (non-hydrogen) atoms. The lowest BCUT2D eigenvalue weighted by Crippen LogP contribution is -2.46. The number of carbonyl (C=O) groups excluding carboxylic acids is 1. The first-order valence-electron chi connectivity index (χ1n) is 7.68. The van der Waals surface area contributed by atoms with Crippen LogP contribution in [-0.2, 0) is 4.79 Å². The molecule has 6 heteroatoms. The second-order valence-corrected chi connectivity index (χ2v) is 5.52. The molecular weight excluding hydrogens is 294 g/mol. The number of benzene rings is 1. The highest BCUT2D eigenvalue weighted by Gasteiger charge is 2.29. The Morgan fingerprint density at radius 2 is 2.13 bits per heavy atom. The van der Waals surface area contributed by atoms with Gasteiger partial charge in [0.25, 0.3) is 5.91 Å². The van der Waals surface area contributed by atoms with Gasteiger partial charge in [-0.2, -0.15) is 0 Å². The maximum atomic E-state index is 12.5. The summed E-state index contributed by atoms with van der Waals surface area (Å²) in [5.41, 5.74) is 0.606. The van der Waals surface area contributed by atoms with Gasteiger partial charge in [0, 0.05) is 18.9 Å². The normalized spacial score (nSPS) is 19.2. The number of carbonyl (C=O) groups is 1. The van der Waals surface area contributed by atoms with E-state index in [-0.39, 0.29) is 12.0 Å². The van der Waals surface area contributed by atoms with Gasteiger partial charge in [-0.3, -0.25) is 9.78 Å². The maximum Gasteiger partial charge on any atom is 0.256 e. The second kappa shape index (κ2) is 7.19. The number of hydrogen-bond acceptors (Lipinski definition) is 5. The van der Waals surface area contributed by atoms with Gasteiger partial charge in [0.2, 0.25) is 5.88 Å². The Balaban J connectivity index is 1.63. The van der Waals surface area contributed by atoms with E-state index in [1.165, 1.54) is 0 Å². The predicted molar refractivity (Wildman–Crippen MR) is 83.7 cm³/mol. The minimum Gasteiger partial charge on any atom is -0.471 e. The van der Waals surface area contributed by atoms with E-state index in [0.717, 1.165) is 12.8 Å². The molecule has 0 aliphatic carbocycles. The smallest absolute Gasteiger partial charge is 0.256 e. The molecule has 3 rings (SSSR count). The van der Waals surface area contributed by atoms with E-state index in [1.807, 2.05) is 18.2 Å². The van der Waals surface area contributed by atoms with Gasteiger partial charge in [0.1, 0.15) is 6.10 Å². The average molecular weight is 313 g/mol. The van der Waals surface area contributed by atoms with Crippen LogP contribution < -0.4 is 4.74 Å². The number of aromatic nitrogens is 2. The largest absolute Gasteiger partial charge is 0.471 e. The maximum absolute atomic E-state index is 12.5. The Hall–Kier alpha value is -2.47. The molecule has 0 bridgehead atoms. The number of piperidine rings is 1. The van der Waals surface area contributed by atoms with Crippen molar-refractivity contribution < 1.29 is 14.6 Å². The number of likely N-dealkylation sites (tertiary alicyclic amines) is 1. The van der Waals surface area contributed by atoms with Crippen molar-refractivity contribution in [1.82, 2.24) is 14.9 Å². The summed E-state index contributed by atoms with van der Waals surface area (Å²) in [5.74, 6) is 0.166. The summed E-state index contributed by atoms with van der Waals surface area (Å²) in [6.45, 7) is 1.07. The van der Waals surface area contributed by atoms with Crippen LogP contribution in [0.25, 0.3) is 0 Å². The standard InChI is InChI=1S/C17H19N3O3/c21-16(13-5-2-1-3-6-13)17(22)20-10-4-7-14(12-20)23-15-11-18-8-9-19-15/h1-3,5-6,8-9,11,14,16,21H,4,7,10,12H2. The predicted octanol–water partition coefficient (Wildman–Crippen LogP) is 1.58. The number of ether oxygens (including phenoxy) is 1. The molecule has 120 valence electrons. The zero-order chi connectivity index (χ0) is 16.1. The minimum absolute atomic E-state index is 0.132. The molecule has 0 radical (unpaired) electrons. The molecule has 2 heterocycles. The number of nitrogens with zero attached hydrogens (tertiary/aromatic N) is 3. The quantitative estimate of drug-likeness (QED) is 0.927. The summed E-state index contributed by atoms with van der Waals surface area (Å²) in [5, 5.41) is 10.3. The van der Waals surface area contributed by atoms with Crippen molar-refractivity contribution in [2.24, 2.45) is 0 Å². The van der Waals surface area contributed by atoms with Crippen LogP contribution in [0.4, 0.5) is 0 Å². The number of rotatable bonds is 4. The van der Waals surface area contributed by atoms with Crippen LogP contribution in [-0.4, -0.2) is 45.1 Å². The fourth-order valence-electron chi connectivity index (χ4n) is 2.70. The van der Waals surface area contributed by atoms with Gasteiger partial charge in [0.15, 0.2) is 6.10 Å². The highest BCUT2D eigenvalue weighted by atomic mass is 16.5. The van der Waals surface area contributed by atoms with E-state index in [9.17, 15) is 9.90 Å². The molecule has 1 aliphatic rings. The molecule has 2 aromatic rings. The van der Waals surface area contributed by atoms with Crippen LogP contribution in [0.5, 0.6) is 5.88 Å². The molecular formula is C17H19N3O3. The molecule has 1 aromatic heterocycles. The lowest BCUT2D eigenvalue weighted by molar-refractivity contribution is -0.143. The van der Waals surface area contributed by atoms with Crippen LogP contribution >= 0.6 is 0 Å². The first-order valence-corrected chi connectivity index (χ1v) is 7.68. The van der Waals surface area contributed by atoms with E-state index in [4.69, 9.17) is 4.74 Å². The third kappa shape index (κ3) is 3.84. The molecule has 1 N–H and O–H groups in total. The number of hydrogen-bond donors (Lipinski definition) is 1. The van der Waals surface area contributed by atoms with Crippen molar-refractivity contribution >= 4 is 5.91 Å². The van der Waals surface area contributed by atoms with E-state index in [1.54, 1.807) is 35.6 Å². The number of amides is 1. The molecule has 2 unspecified atom stereocenters. The van der Waals surface area contributed by atoms with Crippen molar-refractivity contribution in [2.75, 3.05) is 13.1 Å². The SMILES string of the molecule is O=C(C(O)c1ccccc1)N1CCCC(Oc2cnccn2)C1. The monoisotopic (exact) mass is 313 g/mol. The Morgan fingerprint density at radius 3 is 2.87 bits per heavy atom. The number of aliphatic hydroxyl groups is 1. The summed E-state index contributed by atoms with van der Waals surface area (Å²) < 4.78 is 5.77. The van der Waals surface area contributed by atoms with Crippen LogP contribution in [0.15, 0.2) is 48.9 Å². The Kier molecular flexibility index (Phi) is 4.83. The summed E-state index contributed by atoms with van der Waals surface area (Å²) in [6.07, 6.45) is 5.12. The summed E-state index contributed by atoms with van der Waals surface area (Å²) >= 11 is 0. The third-order valence-corrected chi connectivity index (χ3v) is 3.87. The topological polar surface area (TPSA) is 75.5 Å². The highest BCUT2D eigenvalue weighted by molar-refractivity contribution is 5.82. The van der Waals surface area contributed by atoms with Gasteiger partial charge in [-0.05, 0) is 18.4 Å². The van der Waals surface area contributed by atoms with Gasteiger partial charge in [0.05, 0.1) is 12.7 Å². The first-order chi connectivity index (χ1) is 11.2. The summed E-state index contributed by atoms with van der Waals surface area (Å²) in [4.78, 5) is 22.2. The van der Waals surface area contributed by atoms with E-state index < -0.39 is 6.10 Å². The van der Waals surface area contributed by atoms with Crippen LogP contribution in [0.1, 0.15) is 24.5 Å². The van der Waals surface area contributed by atoms with Gasteiger partial charge in [-0.15, -0.1) is 0 Å². The summed E-state index contributed by atoms with van der Waals surface area (Å²) in [6, 6.07) is 8.97. The third-order valence-electron chi connectivity index (χ3n) is 3.87. The fraction of sp³-hybridized carbons (Fsp3) is 0.353. The van der Waals surface area contributed by atoms with Crippen molar-refractivity contribution in [1.29, 1.82) is 0 Å². The van der Waals surface area contributed by atoms with Gasteiger partial charge in [-0.1, -0.05) is 30.3 Å². The molecule has 1 fully saturated rings. The van der Waals surface area contributed by atoms with Gasteiger partial charge < -0.3 is 14.7 Å². The molecule has 1 saturated heterocycles. The highest BCUT2D eigenvalue weighted by Crippen LogP contribution is 2.21. The average Bonchev–Trinajstić information content (AvgIpc) is 2.62. The molecule has 1 amide bonds. The van der Waals surface area contributed by atoms with Crippen molar-refractivity contribution in [3.63, 3.8) is 0 Å². The zero-order valence-corrected chi connectivity index (χ0v) is 12.7. The molecule has 0 spiro atoms. The van der Waals surface area contributed by atoms with Crippen LogP contribution in [0, 0.1) is 0 Å². The molecule has 1 aliphatic heterocycles.